The molecule has 0 aliphatic heterocycles. The highest BCUT2D eigenvalue weighted by Crippen LogP contribution is 2.20. The first-order chi connectivity index (χ1) is 9.90. The van der Waals surface area contributed by atoms with Crippen molar-refractivity contribution < 1.29 is 4.79 Å². The molecular weight excluding hydrogens is 270 g/mol. The molecule has 0 bridgehead atoms. The molecule has 2 heterocycles. The summed E-state index contributed by atoms with van der Waals surface area (Å²) in [5.74, 6) is 0.676. The van der Waals surface area contributed by atoms with Gasteiger partial charge in [-0.1, -0.05) is 0 Å². The molecule has 0 aliphatic carbocycles. The van der Waals surface area contributed by atoms with Crippen molar-refractivity contribution in [3.8, 4) is 0 Å². The first kappa shape index (κ1) is 15.1. The van der Waals surface area contributed by atoms with Crippen LogP contribution in [-0.4, -0.2) is 35.9 Å². The van der Waals surface area contributed by atoms with Gasteiger partial charge in [0.15, 0.2) is 0 Å². The summed E-state index contributed by atoms with van der Waals surface area (Å²) < 4.78 is 3.45. The minimum absolute atomic E-state index is 0.0277. The van der Waals surface area contributed by atoms with Crippen molar-refractivity contribution in [1.82, 2.24) is 35.3 Å². The molecule has 1 atom stereocenters. The standard InChI is InChI=1S/C13H21N7O/c1-8(13-9(2)16-19(5)10(13)3)14-12(21)6-7-20-11(4)15-17-18-20/h8H,6-7H2,1-5H3,(H,14,21). The third kappa shape index (κ3) is 3.26. The quantitative estimate of drug-likeness (QED) is 0.871. The van der Waals surface area contributed by atoms with E-state index in [1.165, 1.54) is 0 Å². The maximum absolute atomic E-state index is 12.0. The fraction of sp³-hybridized carbons (Fsp3) is 0.615. The van der Waals surface area contributed by atoms with Crippen LogP contribution in [0.2, 0.25) is 0 Å². The number of nitrogens with zero attached hydrogens (tertiary/aromatic N) is 6. The van der Waals surface area contributed by atoms with E-state index in [0.29, 0.717) is 18.8 Å². The zero-order valence-electron chi connectivity index (χ0n) is 13.1. The van der Waals surface area contributed by atoms with Crippen LogP contribution in [0.1, 0.15) is 42.2 Å². The van der Waals surface area contributed by atoms with E-state index in [9.17, 15) is 4.79 Å². The number of hydrogen-bond donors (Lipinski definition) is 1. The van der Waals surface area contributed by atoms with E-state index in [1.807, 2.05) is 39.4 Å². The number of carbonyl (C=O) groups is 1. The molecule has 0 fully saturated rings. The summed E-state index contributed by atoms with van der Waals surface area (Å²) in [4.78, 5) is 12.0. The number of nitrogens with one attached hydrogen (secondary N) is 1. The number of amides is 1. The van der Waals surface area contributed by atoms with Crippen LogP contribution < -0.4 is 5.32 Å². The third-order valence-electron chi connectivity index (χ3n) is 3.64. The SMILES string of the molecule is Cc1nn(C)c(C)c1C(C)NC(=O)CCn1nnnc1C. The van der Waals surface area contributed by atoms with E-state index in [4.69, 9.17) is 0 Å². The van der Waals surface area contributed by atoms with Crippen LogP contribution in [0.3, 0.4) is 0 Å². The molecule has 8 heteroatoms. The monoisotopic (exact) mass is 291 g/mol. The zero-order chi connectivity index (χ0) is 15.6. The Morgan fingerprint density at radius 3 is 2.57 bits per heavy atom. The predicted octanol–water partition coefficient (Wildman–Crippen LogP) is 0.599. The summed E-state index contributed by atoms with van der Waals surface area (Å²) in [5, 5.41) is 18.5. The maximum atomic E-state index is 12.0. The summed E-state index contributed by atoms with van der Waals surface area (Å²) in [5.41, 5.74) is 3.08. The summed E-state index contributed by atoms with van der Waals surface area (Å²) in [6, 6.07) is -0.0684. The zero-order valence-corrected chi connectivity index (χ0v) is 13.1. The number of rotatable bonds is 5. The van der Waals surface area contributed by atoms with Gasteiger partial charge in [0, 0.05) is 24.7 Å². The highest BCUT2D eigenvalue weighted by molar-refractivity contribution is 5.76. The number of aromatic nitrogens is 6. The topological polar surface area (TPSA) is 90.5 Å². The lowest BCUT2D eigenvalue weighted by molar-refractivity contribution is -0.122. The Kier molecular flexibility index (Phi) is 4.35. The Hall–Kier alpha value is -2.25. The second-order valence-electron chi connectivity index (χ2n) is 5.20. The minimum Gasteiger partial charge on any atom is -0.349 e. The predicted molar refractivity (Wildman–Crippen MR) is 76.4 cm³/mol. The van der Waals surface area contributed by atoms with Crippen molar-refractivity contribution in [2.45, 2.75) is 46.7 Å². The van der Waals surface area contributed by atoms with Gasteiger partial charge < -0.3 is 5.32 Å². The fourth-order valence-electron chi connectivity index (χ4n) is 2.47. The van der Waals surface area contributed by atoms with Crippen LogP contribution in [0.4, 0.5) is 0 Å². The number of tetrazole rings is 1. The molecule has 21 heavy (non-hydrogen) atoms. The first-order valence-electron chi connectivity index (χ1n) is 6.92. The van der Waals surface area contributed by atoms with E-state index in [0.717, 1.165) is 17.0 Å². The van der Waals surface area contributed by atoms with E-state index < -0.39 is 0 Å². The molecule has 2 rings (SSSR count). The van der Waals surface area contributed by atoms with Gasteiger partial charge in [-0.2, -0.15) is 5.10 Å². The molecule has 0 aromatic carbocycles. The Bertz CT molecular complexity index is 643. The molecule has 2 aromatic heterocycles. The molecule has 0 saturated heterocycles. The fourth-order valence-corrected chi connectivity index (χ4v) is 2.47. The highest BCUT2D eigenvalue weighted by Gasteiger charge is 2.18. The van der Waals surface area contributed by atoms with E-state index in [-0.39, 0.29) is 11.9 Å². The lowest BCUT2D eigenvalue weighted by Gasteiger charge is -2.15. The van der Waals surface area contributed by atoms with Gasteiger partial charge in [0.2, 0.25) is 5.91 Å². The average Bonchev–Trinajstić information content (AvgIpc) is 2.91. The normalized spacial score (nSPS) is 12.4. The highest BCUT2D eigenvalue weighted by atomic mass is 16.1. The minimum atomic E-state index is -0.0684. The Morgan fingerprint density at radius 2 is 2.05 bits per heavy atom. The summed E-state index contributed by atoms with van der Waals surface area (Å²) in [7, 11) is 1.90. The maximum Gasteiger partial charge on any atom is 0.222 e. The van der Waals surface area contributed by atoms with Crippen LogP contribution in [0, 0.1) is 20.8 Å². The largest absolute Gasteiger partial charge is 0.349 e. The van der Waals surface area contributed by atoms with Crippen LogP contribution in [0.25, 0.3) is 0 Å². The molecule has 0 radical (unpaired) electrons. The Labute approximate surface area is 123 Å². The van der Waals surface area contributed by atoms with Crippen molar-refractivity contribution in [2.75, 3.05) is 0 Å². The van der Waals surface area contributed by atoms with Crippen LogP contribution >= 0.6 is 0 Å². The first-order valence-corrected chi connectivity index (χ1v) is 6.92. The van der Waals surface area contributed by atoms with E-state index in [1.54, 1.807) is 4.68 Å². The van der Waals surface area contributed by atoms with E-state index in [2.05, 4.69) is 25.9 Å². The lowest BCUT2D eigenvalue weighted by Crippen LogP contribution is -2.28. The summed E-state index contributed by atoms with van der Waals surface area (Å²) >= 11 is 0. The molecule has 1 amide bonds. The number of carbonyl (C=O) groups excluding carboxylic acids is 1. The molecule has 1 N–H and O–H groups in total. The molecule has 0 spiro atoms. The number of hydrogen-bond acceptors (Lipinski definition) is 5. The Balaban J connectivity index is 1.94. The molecule has 8 nitrogen and oxygen atoms in total. The second kappa shape index (κ2) is 6.02. The molecular formula is C13H21N7O. The molecule has 0 saturated carbocycles. The van der Waals surface area contributed by atoms with Crippen LogP contribution in [0.15, 0.2) is 0 Å². The molecule has 2 aromatic rings. The van der Waals surface area contributed by atoms with Gasteiger partial charge in [0.05, 0.1) is 18.3 Å². The average molecular weight is 291 g/mol. The van der Waals surface area contributed by atoms with Crippen molar-refractivity contribution in [2.24, 2.45) is 7.05 Å². The molecule has 1 unspecified atom stereocenters. The van der Waals surface area contributed by atoms with Crippen molar-refractivity contribution in [3.63, 3.8) is 0 Å². The van der Waals surface area contributed by atoms with Gasteiger partial charge in [0.1, 0.15) is 5.82 Å². The third-order valence-corrected chi connectivity index (χ3v) is 3.64. The van der Waals surface area contributed by atoms with Gasteiger partial charge in [-0.3, -0.25) is 9.48 Å². The smallest absolute Gasteiger partial charge is 0.222 e. The Morgan fingerprint density at radius 1 is 1.33 bits per heavy atom. The lowest BCUT2D eigenvalue weighted by atomic mass is 10.1. The van der Waals surface area contributed by atoms with Crippen molar-refractivity contribution >= 4 is 5.91 Å². The van der Waals surface area contributed by atoms with Gasteiger partial charge in [0.25, 0.3) is 0 Å². The van der Waals surface area contributed by atoms with Crippen molar-refractivity contribution in [1.29, 1.82) is 0 Å². The second-order valence-corrected chi connectivity index (χ2v) is 5.20. The molecule has 0 aliphatic rings. The number of aryl methyl sites for hydroxylation is 4. The van der Waals surface area contributed by atoms with Gasteiger partial charge in [-0.15, -0.1) is 5.10 Å². The van der Waals surface area contributed by atoms with Crippen LogP contribution in [0.5, 0.6) is 0 Å². The van der Waals surface area contributed by atoms with Gasteiger partial charge in [-0.05, 0) is 38.1 Å². The van der Waals surface area contributed by atoms with E-state index >= 15 is 0 Å². The van der Waals surface area contributed by atoms with Gasteiger partial charge >= 0.3 is 0 Å². The van der Waals surface area contributed by atoms with Crippen LogP contribution in [-0.2, 0) is 18.4 Å². The van der Waals surface area contributed by atoms with Crippen molar-refractivity contribution in [3.05, 3.63) is 22.8 Å². The summed E-state index contributed by atoms with van der Waals surface area (Å²) in [6.45, 7) is 8.21. The summed E-state index contributed by atoms with van der Waals surface area (Å²) in [6.07, 6.45) is 0.342. The molecule has 114 valence electrons. The van der Waals surface area contributed by atoms with Gasteiger partial charge in [-0.25, -0.2) is 4.68 Å².